The van der Waals surface area contributed by atoms with Gasteiger partial charge in [0.15, 0.2) is 0 Å². The van der Waals surface area contributed by atoms with Gasteiger partial charge >= 0.3 is 0 Å². The van der Waals surface area contributed by atoms with Gasteiger partial charge in [-0.1, -0.05) is 41.0 Å². The molecule has 0 amide bonds. The summed E-state index contributed by atoms with van der Waals surface area (Å²) in [5, 5.41) is 9.96. The van der Waals surface area contributed by atoms with Gasteiger partial charge in [-0.05, 0) is 35.1 Å². The molecule has 0 fully saturated rings. The zero-order chi connectivity index (χ0) is 13.0. The minimum absolute atomic E-state index is 0.372. The Kier molecular flexibility index (Phi) is 5.71. The van der Waals surface area contributed by atoms with Crippen LogP contribution in [0.1, 0.15) is 5.56 Å². The van der Waals surface area contributed by atoms with Crippen LogP contribution in [0.2, 0.25) is 10.0 Å². The summed E-state index contributed by atoms with van der Waals surface area (Å²) in [4.78, 5) is 0. The van der Waals surface area contributed by atoms with E-state index in [1.54, 1.807) is 30.7 Å². The molecule has 0 aliphatic heterocycles. The molecule has 0 bridgehead atoms. The topological polar surface area (TPSA) is 46.8 Å². The largest absolute Gasteiger partial charge is 0.611 e. The second kappa shape index (κ2) is 6.58. The Hall–Kier alpha value is -0.310. The molecule has 0 aliphatic carbocycles. The summed E-state index contributed by atoms with van der Waals surface area (Å²) in [7, 11) is 0. The van der Waals surface area contributed by atoms with Gasteiger partial charge in [0.05, 0.1) is 10.0 Å². The van der Waals surface area contributed by atoms with Crippen molar-refractivity contribution in [1.29, 1.82) is 5.26 Å². The van der Waals surface area contributed by atoms with Crippen LogP contribution >= 0.6 is 35.0 Å². The first kappa shape index (κ1) is 14.7. The third-order valence-electron chi connectivity index (χ3n) is 1.97. The monoisotopic (exact) mass is 305 g/mol. The van der Waals surface area contributed by atoms with E-state index in [0.29, 0.717) is 25.4 Å². The number of benzene rings is 1. The summed E-state index contributed by atoms with van der Waals surface area (Å²) in [5.74, 6) is 0. The van der Waals surface area contributed by atoms with Crippen LogP contribution in [0, 0.1) is 11.3 Å². The maximum Gasteiger partial charge on any atom is 0.204 e. The van der Waals surface area contributed by atoms with E-state index in [2.05, 4.69) is 6.07 Å². The van der Waals surface area contributed by atoms with Crippen molar-refractivity contribution < 1.29 is 4.55 Å². The summed E-state index contributed by atoms with van der Waals surface area (Å²) in [6, 6.07) is 6.97. The fourth-order valence-electron chi connectivity index (χ4n) is 1.24. The number of thioether (sulfide) groups is 1. The number of nitrogens with zero attached hydrogens (tertiary/aromatic N) is 1. The highest BCUT2D eigenvalue weighted by Gasteiger charge is 2.17. The lowest BCUT2D eigenvalue weighted by Gasteiger charge is -2.09. The first-order valence-corrected chi connectivity index (χ1v) is 8.02. The van der Waals surface area contributed by atoms with Crippen molar-refractivity contribution in [2.45, 2.75) is 0 Å². The molecule has 0 heterocycles. The van der Waals surface area contributed by atoms with E-state index in [0.717, 1.165) is 0 Å². The molecule has 1 aromatic carbocycles. The highest BCUT2D eigenvalue weighted by atomic mass is 35.5. The van der Waals surface area contributed by atoms with Crippen LogP contribution in [0.5, 0.6) is 0 Å². The minimum Gasteiger partial charge on any atom is -0.611 e. The Balaban J connectivity index is 3.37. The molecule has 0 aromatic heterocycles. The van der Waals surface area contributed by atoms with Crippen LogP contribution in [0.15, 0.2) is 22.4 Å². The Morgan fingerprint density at radius 2 is 2.06 bits per heavy atom. The molecule has 1 rings (SSSR count). The fraction of sp³-hybridized carbons (Fsp3) is 0.182. The van der Waals surface area contributed by atoms with E-state index in [1.807, 2.05) is 0 Å². The van der Waals surface area contributed by atoms with Crippen LogP contribution < -0.4 is 0 Å². The molecule has 0 saturated heterocycles. The third-order valence-corrected chi connectivity index (χ3v) is 5.22. The summed E-state index contributed by atoms with van der Waals surface area (Å²) in [6.45, 7) is 0. The molecule has 90 valence electrons. The first-order chi connectivity index (χ1) is 8.01. The van der Waals surface area contributed by atoms with Crippen LogP contribution in [0.4, 0.5) is 0 Å². The minimum atomic E-state index is -1.20. The van der Waals surface area contributed by atoms with Gasteiger partial charge < -0.3 is 4.55 Å². The molecule has 1 unspecified atom stereocenters. The lowest BCUT2D eigenvalue weighted by atomic mass is 10.1. The molecule has 0 spiro atoms. The van der Waals surface area contributed by atoms with Crippen LogP contribution in [0.25, 0.3) is 5.57 Å². The predicted octanol–water partition coefficient (Wildman–Crippen LogP) is 3.93. The van der Waals surface area contributed by atoms with E-state index in [4.69, 9.17) is 28.5 Å². The highest BCUT2D eigenvalue weighted by Crippen LogP contribution is 2.32. The number of hydrogen-bond donors (Lipinski definition) is 0. The van der Waals surface area contributed by atoms with Gasteiger partial charge in [-0.15, -0.1) is 0 Å². The Morgan fingerprint density at radius 1 is 1.41 bits per heavy atom. The number of rotatable bonds is 3. The molecule has 1 aromatic rings. The van der Waals surface area contributed by atoms with Gasteiger partial charge in [-0.25, -0.2) is 0 Å². The predicted molar refractivity (Wildman–Crippen MR) is 76.6 cm³/mol. The number of halogens is 2. The normalized spacial score (nSPS) is 13.9. The maximum absolute atomic E-state index is 11.5. The molecule has 0 N–H and O–H groups in total. The quantitative estimate of drug-likeness (QED) is 0.628. The molecule has 0 saturated carbocycles. The molecule has 17 heavy (non-hydrogen) atoms. The van der Waals surface area contributed by atoms with E-state index in [9.17, 15) is 4.55 Å². The van der Waals surface area contributed by atoms with Crippen LogP contribution in [0.3, 0.4) is 0 Å². The van der Waals surface area contributed by atoms with Gasteiger partial charge in [-0.2, -0.15) is 5.26 Å². The van der Waals surface area contributed by atoms with Crippen molar-refractivity contribution in [2.24, 2.45) is 0 Å². The molecule has 0 radical (unpaired) electrons. The zero-order valence-corrected chi connectivity index (χ0v) is 12.3. The molecule has 0 aliphatic rings. The summed E-state index contributed by atoms with van der Waals surface area (Å²) >= 11 is 11.8. The third kappa shape index (κ3) is 3.57. The van der Waals surface area contributed by atoms with Crippen LogP contribution in [-0.2, 0) is 11.2 Å². The van der Waals surface area contributed by atoms with Gasteiger partial charge in [0.1, 0.15) is 17.9 Å². The van der Waals surface area contributed by atoms with E-state index in [-0.39, 0.29) is 0 Å². The standard InChI is InChI=1S/C11H9Cl2NOS2/c1-16-11(17(2)15)8(6-14)7-3-4-9(12)10(13)5-7/h3-5H,1-2H3/b11-8+. The fourth-order valence-corrected chi connectivity index (χ4v) is 3.30. The average Bonchev–Trinajstić information content (AvgIpc) is 2.29. The SMILES string of the molecule is CS/C(=C(/C#N)c1ccc(Cl)c(Cl)c1)[S+](C)[O-]. The lowest BCUT2D eigenvalue weighted by Crippen LogP contribution is -2.01. The van der Waals surface area contributed by atoms with Crippen molar-refractivity contribution >= 4 is 51.7 Å². The summed E-state index contributed by atoms with van der Waals surface area (Å²) in [6.07, 6.45) is 3.33. The van der Waals surface area contributed by atoms with Crippen molar-refractivity contribution in [3.05, 3.63) is 38.0 Å². The van der Waals surface area contributed by atoms with Crippen molar-refractivity contribution in [2.75, 3.05) is 12.5 Å². The maximum atomic E-state index is 11.5. The van der Waals surface area contributed by atoms with Crippen molar-refractivity contribution in [1.82, 2.24) is 0 Å². The van der Waals surface area contributed by atoms with E-state index >= 15 is 0 Å². The Bertz CT molecular complexity index is 495. The van der Waals surface area contributed by atoms with Crippen LogP contribution in [-0.4, -0.2) is 17.1 Å². The first-order valence-electron chi connectivity index (χ1n) is 4.48. The van der Waals surface area contributed by atoms with E-state index in [1.165, 1.54) is 11.8 Å². The molecular weight excluding hydrogens is 297 g/mol. The van der Waals surface area contributed by atoms with Gasteiger partial charge in [-0.3, -0.25) is 0 Å². The second-order valence-electron chi connectivity index (χ2n) is 3.06. The smallest absolute Gasteiger partial charge is 0.204 e. The summed E-state index contributed by atoms with van der Waals surface area (Å²) in [5.41, 5.74) is 0.998. The van der Waals surface area contributed by atoms with Gasteiger partial charge in [0.2, 0.25) is 4.24 Å². The molecule has 2 nitrogen and oxygen atoms in total. The van der Waals surface area contributed by atoms with E-state index < -0.39 is 11.2 Å². The second-order valence-corrected chi connectivity index (χ2v) is 6.27. The Labute approximate surface area is 118 Å². The number of nitriles is 1. The number of hydrogen-bond acceptors (Lipinski definition) is 3. The number of allylic oxidation sites excluding steroid dienone is 1. The van der Waals surface area contributed by atoms with Crippen molar-refractivity contribution in [3.63, 3.8) is 0 Å². The summed E-state index contributed by atoms with van der Waals surface area (Å²) < 4.78 is 12.1. The highest BCUT2D eigenvalue weighted by molar-refractivity contribution is 8.18. The Morgan fingerprint density at radius 3 is 2.47 bits per heavy atom. The average molecular weight is 306 g/mol. The van der Waals surface area contributed by atoms with Gasteiger partial charge in [0.25, 0.3) is 0 Å². The molecule has 1 atom stereocenters. The molecule has 6 heteroatoms. The van der Waals surface area contributed by atoms with Gasteiger partial charge in [0, 0.05) is 0 Å². The van der Waals surface area contributed by atoms with Crippen molar-refractivity contribution in [3.8, 4) is 6.07 Å². The molecular formula is C11H9Cl2NOS2. The lowest BCUT2D eigenvalue weighted by molar-refractivity contribution is 0.608. The zero-order valence-electron chi connectivity index (χ0n) is 9.16.